The van der Waals surface area contributed by atoms with E-state index < -0.39 is 6.10 Å². The summed E-state index contributed by atoms with van der Waals surface area (Å²) in [5, 5.41) is 13.4. The fourth-order valence-electron chi connectivity index (χ4n) is 3.59. The van der Waals surface area contributed by atoms with Crippen molar-refractivity contribution in [3.63, 3.8) is 0 Å². The Kier molecular flexibility index (Phi) is 4.26. The molecule has 1 aromatic carbocycles. The Bertz CT molecular complexity index is 746. The van der Waals surface area contributed by atoms with Crippen LogP contribution in [0.25, 0.3) is 0 Å². The van der Waals surface area contributed by atoms with E-state index in [9.17, 15) is 9.90 Å². The summed E-state index contributed by atoms with van der Waals surface area (Å²) in [6, 6.07) is 9.71. The SMILES string of the molecule is Cc1c(C(=O)N[C@@H](C)c2ccccc2)oc2c1[C@H](O)CC(C)(C)C2. The van der Waals surface area contributed by atoms with Crippen molar-refractivity contribution in [2.75, 3.05) is 0 Å². The summed E-state index contributed by atoms with van der Waals surface area (Å²) in [7, 11) is 0. The number of fused-ring (bicyclic) bond motifs is 1. The first-order chi connectivity index (χ1) is 11.3. The average molecular weight is 327 g/mol. The molecule has 1 heterocycles. The van der Waals surface area contributed by atoms with E-state index in [0.29, 0.717) is 12.2 Å². The van der Waals surface area contributed by atoms with Gasteiger partial charge in [-0.1, -0.05) is 44.2 Å². The number of rotatable bonds is 3. The van der Waals surface area contributed by atoms with E-state index in [2.05, 4.69) is 19.2 Å². The Morgan fingerprint density at radius 3 is 2.67 bits per heavy atom. The quantitative estimate of drug-likeness (QED) is 0.892. The van der Waals surface area contributed by atoms with Crippen LogP contribution in [0.1, 0.15) is 72.3 Å². The van der Waals surface area contributed by atoms with Crippen LogP contribution in [0.2, 0.25) is 0 Å². The Labute approximate surface area is 142 Å². The highest BCUT2D eigenvalue weighted by atomic mass is 16.4. The van der Waals surface area contributed by atoms with Gasteiger partial charge in [0.05, 0.1) is 12.1 Å². The topological polar surface area (TPSA) is 62.5 Å². The van der Waals surface area contributed by atoms with Gasteiger partial charge in [0.1, 0.15) is 5.76 Å². The van der Waals surface area contributed by atoms with Gasteiger partial charge in [-0.2, -0.15) is 0 Å². The standard InChI is InChI=1S/C20H25NO3/c1-12-17-15(22)10-20(3,4)11-16(17)24-18(12)19(23)21-13(2)14-8-6-5-7-9-14/h5-9,13,15,22H,10-11H2,1-4H3,(H,21,23)/t13-,15+/m0/s1. The molecule has 1 aromatic heterocycles. The van der Waals surface area contributed by atoms with Gasteiger partial charge in [0.2, 0.25) is 0 Å². The van der Waals surface area contributed by atoms with Crippen molar-refractivity contribution < 1.29 is 14.3 Å². The largest absolute Gasteiger partial charge is 0.455 e. The molecule has 24 heavy (non-hydrogen) atoms. The summed E-state index contributed by atoms with van der Waals surface area (Å²) in [5.41, 5.74) is 2.57. The van der Waals surface area contributed by atoms with Crippen molar-refractivity contribution in [2.45, 2.75) is 52.7 Å². The van der Waals surface area contributed by atoms with Crippen LogP contribution in [0.5, 0.6) is 0 Å². The first-order valence-electron chi connectivity index (χ1n) is 8.44. The molecule has 0 fully saturated rings. The zero-order valence-corrected chi connectivity index (χ0v) is 14.7. The van der Waals surface area contributed by atoms with Crippen molar-refractivity contribution in [2.24, 2.45) is 5.41 Å². The highest BCUT2D eigenvalue weighted by Crippen LogP contribution is 2.43. The van der Waals surface area contributed by atoms with Crippen LogP contribution in [0.3, 0.4) is 0 Å². The van der Waals surface area contributed by atoms with Gasteiger partial charge in [-0.05, 0) is 31.2 Å². The smallest absolute Gasteiger partial charge is 0.287 e. The summed E-state index contributed by atoms with van der Waals surface area (Å²) >= 11 is 0. The molecule has 0 spiro atoms. The second-order valence-electron chi connectivity index (χ2n) is 7.56. The molecule has 4 heteroatoms. The number of aliphatic hydroxyl groups excluding tert-OH is 1. The van der Waals surface area contributed by atoms with Gasteiger partial charge in [-0.3, -0.25) is 4.79 Å². The lowest BCUT2D eigenvalue weighted by atomic mass is 9.75. The summed E-state index contributed by atoms with van der Waals surface area (Å²) in [4.78, 5) is 12.6. The Morgan fingerprint density at radius 1 is 1.33 bits per heavy atom. The number of hydrogen-bond donors (Lipinski definition) is 2. The molecule has 0 radical (unpaired) electrons. The number of furan rings is 1. The lowest BCUT2D eigenvalue weighted by Crippen LogP contribution is -2.26. The average Bonchev–Trinajstić information content (AvgIpc) is 2.83. The van der Waals surface area contributed by atoms with E-state index >= 15 is 0 Å². The van der Waals surface area contributed by atoms with E-state index in [-0.39, 0.29) is 17.4 Å². The Balaban J connectivity index is 1.84. The second-order valence-corrected chi connectivity index (χ2v) is 7.56. The van der Waals surface area contributed by atoms with Crippen molar-refractivity contribution in [1.82, 2.24) is 5.32 Å². The van der Waals surface area contributed by atoms with E-state index in [0.717, 1.165) is 28.9 Å². The van der Waals surface area contributed by atoms with Gasteiger partial charge in [0.25, 0.3) is 5.91 Å². The molecule has 0 saturated heterocycles. The van der Waals surface area contributed by atoms with Crippen molar-refractivity contribution in [1.29, 1.82) is 0 Å². The third-order valence-corrected chi connectivity index (χ3v) is 4.84. The van der Waals surface area contributed by atoms with Crippen molar-refractivity contribution >= 4 is 5.91 Å². The van der Waals surface area contributed by atoms with Gasteiger partial charge >= 0.3 is 0 Å². The molecule has 2 N–H and O–H groups in total. The van der Waals surface area contributed by atoms with Crippen LogP contribution >= 0.6 is 0 Å². The molecule has 2 atom stereocenters. The highest BCUT2D eigenvalue weighted by molar-refractivity contribution is 5.93. The number of carbonyl (C=O) groups excluding carboxylic acids is 1. The molecule has 0 unspecified atom stereocenters. The molecule has 0 aliphatic heterocycles. The van der Waals surface area contributed by atoms with Crippen LogP contribution in [0, 0.1) is 12.3 Å². The maximum absolute atomic E-state index is 12.6. The van der Waals surface area contributed by atoms with E-state index in [4.69, 9.17) is 4.42 Å². The molecule has 4 nitrogen and oxygen atoms in total. The van der Waals surface area contributed by atoms with Crippen LogP contribution in [0.15, 0.2) is 34.7 Å². The highest BCUT2D eigenvalue weighted by Gasteiger charge is 2.37. The van der Waals surface area contributed by atoms with Crippen molar-refractivity contribution in [3.05, 3.63) is 58.5 Å². The van der Waals surface area contributed by atoms with Crippen LogP contribution < -0.4 is 5.32 Å². The number of carbonyl (C=O) groups is 1. The normalized spacial score (nSPS) is 20.3. The monoisotopic (exact) mass is 327 g/mol. The van der Waals surface area contributed by atoms with E-state index in [1.807, 2.05) is 44.2 Å². The zero-order valence-electron chi connectivity index (χ0n) is 14.7. The maximum atomic E-state index is 12.6. The van der Waals surface area contributed by atoms with Crippen LogP contribution in [0.4, 0.5) is 0 Å². The fourth-order valence-corrected chi connectivity index (χ4v) is 3.59. The fraction of sp³-hybridized carbons (Fsp3) is 0.450. The minimum Gasteiger partial charge on any atom is -0.455 e. The van der Waals surface area contributed by atoms with Gasteiger partial charge in [0.15, 0.2) is 5.76 Å². The maximum Gasteiger partial charge on any atom is 0.287 e. The van der Waals surface area contributed by atoms with Crippen LogP contribution in [-0.2, 0) is 6.42 Å². The van der Waals surface area contributed by atoms with Crippen molar-refractivity contribution in [3.8, 4) is 0 Å². The predicted octanol–water partition coefficient (Wildman–Crippen LogP) is 4.08. The van der Waals surface area contributed by atoms with E-state index in [1.165, 1.54) is 0 Å². The number of hydrogen-bond acceptors (Lipinski definition) is 3. The summed E-state index contributed by atoms with van der Waals surface area (Å²) in [6.07, 6.45) is 0.851. The van der Waals surface area contributed by atoms with Gasteiger partial charge in [0, 0.05) is 17.5 Å². The number of benzene rings is 1. The molecule has 128 valence electrons. The van der Waals surface area contributed by atoms with Gasteiger partial charge in [-0.25, -0.2) is 0 Å². The molecule has 0 bridgehead atoms. The first kappa shape index (κ1) is 16.8. The number of nitrogens with one attached hydrogen (secondary N) is 1. The van der Waals surface area contributed by atoms with Gasteiger partial charge < -0.3 is 14.8 Å². The molecule has 0 saturated carbocycles. The molecular weight excluding hydrogens is 302 g/mol. The second kappa shape index (κ2) is 6.10. The van der Waals surface area contributed by atoms with Crippen LogP contribution in [-0.4, -0.2) is 11.0 Å². The molecular formula is C20H25NO3. The molecule has 1 aliphatic carbocycles. The lowest BCUT2D eigenvalue weighted by Gasteiger charge is -2.31. The first-order valence-corrected chi connectivity index (χ1v) is 8.44. The summed E-state index contributed by atoms with van der Waals surface area (Å²) < 4.78 is 5.87. The minimum absolute atomic E-state index is 0.0260. The summed E-state index contributed by atoms with van der Waals surface area (Å²) in [5.74, 6) is 0.830. The Morgan fingerprint density at radius 2 is 2.00 bits per heavy atom. The van der Waals surface area contributed by atoms with Gasteiger partial charge in [-0.15, -0.1) is 0 Å². The molecule has 1 amide bonds. The third kappa shape index (κ3) is 3.11. The summed E-state index contributed by atoms with van der Waals surface area (Å²) in [6.45, 7) is 8.01. The molecule has 2 aromatic rings. The number of amides is 1. The third-order valence-electron chi connectivity index (χ3n) is 4.84. The Hall–Kier alpha value is -2.07. The number of aliphatic hydroxyl groups is 1. The minimum atomic E-state index is -0.569. The zero-order chi connectivity index (χ0) is 17.5. The molecule has 1 aliphatic rings. The molecule has 3 rings (SSSR count). The predicted molar refractivity (Wildman–Crippen MR) is 92.8 cm³/mol. The van der Waals surface area contributed by atoms with E-state index in [1.54, 1.807) is 0 Å². The lowest BCUT2D eigenvalue weighted by molar-refractivity contribution is 0.0876.